The van der Waals surface area contributed by atoms with Crippen LogP contribution in [0, 0.1) is 0 Å². The second kappa shape index (κ2) is 7.00. The average Bonchev–Trinajstić information content (AvgIpc) is 2.44. The van der Waals surface area contributed by atoms with Crippen molar-refractivity contribution in [1.29, 1.82) is 0 Å². The van der Waals surface area contributed by atoms with Crippen LogP contribution >= 0.6 is 11.6 Å². The number of nitrogens with zero attached hydrogens (tertiary/aromatic N) is 1. The predicted octanol–water partition coefficient (Wildman–Crippen LogP) is 4.10. The second-order valence-corrected chi connectivity index (χ2v) is 4.42. The maximum atomic E-state index is 5.84. The first-order valence-electron chi connectivity index (χ1n) is 6.25. The van der Waals surface area contributed by atoms with E-state index in [0.29, 0.717) is 18.4 Å². The van der Waals surface area contributed by atoms with E-state index in [4.69, 9.17) is 21.1 Å². The van der Waals surface area contributed by atoms with Gasteiger partial charge in [-0.15, -0.1) is 0 Å². The summed E-state index contributed by atoms with van der Waals surface area (Å²) in [4.78, 5) is 4.18. The molecule has 100 valence electrons. The summed E-state index contributed by atoms with van der Waals surface area (Å²) in [5, 5.41) is 0.469. The molecule has 0 bridgehead atoms. The molecule has 19 heavy (non-hydrogen) atoms. The molecule has 0 atom stereocenters. The normalized spacial score (nSPS) is 10.2. The molecule has 0 saturated heterocycles. The number of rotatable bonds is 6. The number of halogens is 1. The predicted molar refractivity (Wildman–Crippen MR) is 75.8 cm³/mol. The topological polar surface area (TPSA) is 31.4 Å². The Bertz CT molecular complexity index is 531. The van der Waals surface area contributed by atoms with Gasteiger partial charge in [0.15, 0.2) is 11.5 Å². The van der Waals surface area contributed by atoms with E-state index in [1.807, 2.05) is 36.4 Å². The third kappa shape index (κ3) is 4.14. The lowest BCUT2D eigenvalue weighted by Crippen LogP contribution is -2.01. The van der Waals surface area contributed by atoms with E-state index in [9.17, 15) is 0 Å². The van der Waals surface area contributed by atoms with Crippen LogP contribution in [0.2, 0.25) is 5.15 Å². The molecule has 0 unspecified atom stereocenters. The zero-order chi connectivity index (χ0) is 13.5. The Balaban J connectivity index is 2.02. The van der Waals surface area contributed by atoms with Crippen molar-refractivity contribution in [2.75, 3.05) is 6.61 Å². The van der Waals surface area contributed by atoms with Crippen molar-refractivity contribution in [3.05, 3.63) is 53.3 Å². The maximum absolute atomic E-state index is 5.84. The summed E-state index contributed by atoms with van der Waals surface area (Å²) in [5.41, 5.74) is 0.790. The maximum Gasteiger partial charge on any atom is 0.161 e. The number of pyridine rings is 1. The summed E-state index contributed by atoms with van der Waals surface area (Å²) in [6.45, 7) is 3.11. The number of benzene rings is 1. The minimum absolute atomic E-state index is 0.368. The molecule has 0 fully saturated rings. The van der Waals surface area contributed by atoms with Gasteiger partial charge in [-0.05, 0) is 30.7 Å². The summed E-state index contributed by atoms with van der Waals surface area (Å²) in [7, 11) is 0. The van der Waals surface area contributed by atoms with Gasteiger partial charge in [0.25, 0.3) is 0 Å². The molecule has 4 heteroatoms. The summed E-state index contributed by atoms with van der Waals surface area (Å²) in [6, 6.07) is 13.1. The first kappa shape index (κ1) is 13.7. The van der Waals surface area contributed by atoms with E-state index in [1.165, 1.54) is 0 Å². The molecule has 0 aliphatic carbocycles. The fraction of sp³-hybridized carbons (Fsp3) is 0.267. The highest BCUT2D eigenvalue weighted by Gasteiger charge is 2.04. The van der Waals surface area contributed by atoms with Crippen LogP contribution in [-0.4, -0.2) is 11.6 Å². The van der Waals surface area contributed by atoms with Gasteiger partial charge in [-0.2, -0.15) is 0 Å². The van der Waals surface area contributed by atoms with Crippen LogP contribution in [0.25, 0.3) is 0 Å². The molecule has 1 aromatic carbocycles. The molecule has 0 N–H and O–H groups in total. The van der Waals surface area contributed by atoms with Crippen LogP contribution in [0.15, 0.2) is 42.5 Å². The highest BCUT2D eigenvalue weighted by atomic mass is 35.5. The lowest BCUT2D eigenvalue weighted by molar-refractivity contribution is 0.259. The van der Waals surface area contributed by atoms with Gasteiger partial charge in [0.2, 0.25) is 0 Å². The Kier molecular flexibility index (Phi) is 5.04. The van der Waals surface area contributed by atoms with E-state index in [1.54, 1.807) is 6.07 Å². The molecule has 1 heterocycles. The van der Waals surface area contributed by atoms with Crippen LogP contribution in [0.1, 0.15) is 19.0 Å². The van der Waals surface area contributed by atoms with E-state index in [-0.39, 0.29) is 0 Å². The van der Waals surface area contributed by atoms with Crippen LogP contribution in [0.3, 0.4) is 0 Å². The average molecular weight is 278 g/mol. The van der Waals surface area contributed by atoms with Gasteiger partial charge in [0, 0.05) is 0 Å². The largest absolute Gasteiger partial charge is 0.490 e. The Morgan fingerprint density at radius 2 is 1.74 bits per heavy atom. The zero-order valence-corrected chi connectivity index (χ0v) is 11.6. The van der Waals surface area contributed by atoms with Crippen LogP contribution < -0.4 is 9.47 Å². The highest BCUT2D eigenvalue weighted by molar-refractivity contribution is 6.29. The lowest BCUT2D eigenvalue weighted by atomic mass is 10.3. The zero-order valence-electron chi connectivity index (χ0n) is 10.8. The second-order valence-electron chi connectivity index (χ2n) is 4.04. The van der Waals surface area contributed by atoms with Crippen molar-refractivity contribution in [2.24, 2.45) is 0 Å². The van der Waals surface area contributed by atoms with Crippen molar-refractivity contribution in [1.82, 2.24) is 4.98 Å². The molecule has 2 aromatic rings. The van der Waals surface area contributed by atoms with Gasteiger partial charge < -0.3 is 9.47 Å². The molecule has 3 nitrogen and oxygen atoms in total. The van der Waals surface area contributed by atoms with Gasteiger partial charge >= 0.3 is 0 Å². The van der Waals surface area contributed by atoms with Crippen molar-refractivity contribution < 1.29 is 9.47 Å². The molecular formula is C15H16ClNO2. The number of para-hydroxylation sites is 2. The number of aromatic nitrogens is 1. The monoisotopic (exact) mass is 277 g/mol. The van der Waals surface area contributed by atoms with Gasteiger partial charge in [-0.3, -0.25) is 0 Å². The van der Waals surface area contributed by atoms with Crippen molar-refractivity contribution in [3.63, 3.8) is 0 Å². The Morgan fingerprint density at radius 1 is 1.00 bits per heavy atom. The fourth-order valence-corrected chi connectivity index (χ4v) is 1.76. The van der Waals surface area contributed by atoms with E-state index in [0.717, 1.165) is 23.6 Å². The summed E-state index contributed by atoms with van der Waals surface area (Å²) < 4.78 is 11.4. The van der Waals surface area contributed by atoms with E-state index < -0.39 is 0 Å². The number of hydrogen-bond acceptors (Lipinski definition) is 3. The smallest absolute Gasteiger partial charge is 0.161 e. The minimum atomic E-state index is 0.368. The summed E-state index contributed by atoms with van der Waals surface area (Å²) >= 11 is 5.84. The molecule has 2 rings (SSSR count). The van der Waals surface area contributed by atoms with Crippen LogP contribution in [0.5, 0.6) is 11.5 Å². The molecule has 1 aromatic heterocycles. The molecule has 0 amide bonds. The third-order valence-corrected chi connectivity index (χ3v) is 2.67. The van der Waals surface area contributed by atoms with Crippen molar-refractivity contribution in [3.8, 4) is 11.5 Å². The molecule has 0 aliphatic heterocycles. The number of hydrogen-bond donors (Lipinski definition) is 0. The minimum Gasteiger partial charge on any atom is -0.490 e. The Morgan fingerprint density at radius 3 is 2.42 bits per heavy atom. The standard InChI is InChI=1S/C15H16ClNO2/c1-2-10-18-13-7-3-4-8-14(13)19-11-12-6-5-9-15(16)17-12/h3-9H,2,10-11H2,1H3. The molecule has 0 spiro atoms. The van der Waals surface area contributed by atoms with Gasteiger partial charge in [0.1, 0.15) is 11.8 Å². The first-order valence-corrected chi connectivity index (χ1v) is 6.63. The van der Waals surface area contributed by atoms with E-state index in [2.05, 4.69) is 11.9 Å². The Labute approximate surface area is 118 Å². The fourth-order valence-electron chi connectivity index (χ4n) is 1.58. The van der Waals surface area contributed by atoms with E-state index >= 15 is 0 Å². The Hall–Kier alpha value is -1.74. The van der Waals surface area contributed by atoms with Crippen LogP contribution in [0.4, 0.5) is 0 Å². The number of ether oxygens (including phenoxy) is 2. The summed E-state index contributed by atoms with van der Waals surface area (Å²) in [6.07, 6.45) is 0.962. The lowest BCUT2D eigenvalue weighted by Gasteiger charge is -2.11. The first-order chi connectivity index (χ1) is 9.29. The molecule has 0 aliphatic rings. The molecule has 0 saturated carbocycles. The SMILES string of the molecule is CCCOc1ccccc1OCc1cccc(Cl)n1. The van der Waals surface area contributed by atoms with Gasteiger partial charge in [-0.1, -0.05) is 36.7 Å². The molecular weight excluding hydrogens is 262 g/mol. The summed E-state index contributed by atoms with van der Waals surface area (Å²) in [5.74, 6) is 1.48. The van der Waals surface area contributed by atoms with Crippen molar-refractivity contribution in [2.45, 2.75) is 20.0 Å². The van der Waals surface area contributed by atoms with Gasteiger partial charge in [0.05, 0.1) is 12.3 Å². The van der Waals surface area contributed by atoms with Crippen LogP contribution in [-0.2, 0) is 6.61 Å². The quantitative estimate of drug-likeness (QED) is 0.745. The molecule has 0 radical (unpaired) electrons. The van der Waals surface area contributed by atoms with Crippen molar-refractivity contribution >= 4 is 11.6 Å². The third-order valence-electron chi connectivity index (χ3n) is 2.46. The highest BCUT2D eigenvalue weighted by Crippen LogP contribution is 2.27. The van der Waals surface area contributed by atoms with Gasteiger partial charge in [-0.25, -0.2) is 4.98 Å².